The fourth-order valence-electron chi connectivity index (χ4n) is 2.06. The molecule has 0 radical (unpaired) electrons. The van der Waals surface area contributed by atoms with Gasteiger partial charge in [-0.15, -0.1) is 5.10 Å². The number of hydrogen-bond acceptors (Lipinski definition) is 4. The molecule has 0 saturated carbocycles. The minimum Gasteiger partial charge on any atom is -0.337 e. The predicted octanol–water partition coefficient (Wildman–Crippen LogP) is 2.19. The van der Waals surface area contributed by atoms with E-state index in [-0.39, 0.29) is 0 Å². The topological polar surface area (TPSA) is 56.8 Å². The average molecular weight is 298 g/mol. The van der Waals surface area contributed by atoms with Crippen molar-refractivity contribution in [3.8, 4) is 11.4 Å². The lowest BCUT2D eigenvalue weighted by atomic mass is 10.2. The molecule has 0 spiro atoms. The summed E-state index contributed by atoms with van der Waals surface area (Å²) in [7, 11) is 0. The highest BCUT2D eigenvalue weighted by Crippen LogP contribution is 2.29. The van der Waals surface area contributed by atoms with E-state index in [0.29, 0.717) is 21.8 Å². The van der Waals surface area contributed by atoms with Crippen LogP contribution in [0.2, 0.25) is 10.0 Å². The van der Waals surface area contributed by atoms with Gasteiger partial charge in [0.2, 0.25) is 5.95 Å². The van der Waals surface area contributed by atoms with Gasteiger partial charge in [-0.2, -0.15) is 4.98 Å². The highest BCUT2D eigenvalue weighted by atomic mass is 35.5. The minimum absolute atomic E-state index is 0.604. The molecule has 2 N–H and O–H groups in total. The molecule has 0 amide bonds. The fourth-order valence-corrected chi connectivity index (χ4v) is 2.44. The Bertz CT molecular complexity index is 577. The zero-order chi connectivity index (χ0) is 13.2. The van der Waals surface area contributed by atoms with Crippen molar-refractivity contribution in [2.45, 2.75) is 0 Å². The summed E-state index contributed by atoms with van der Waals surface area (Å²) in [4.78, 5) is 6.63. The van der Waals surface area contributed by atoms with E-state index in [4.69, 9.17) is 23.2 Å². The molecular weight excluding hydrogens is 285 g/mol. The van der Waals surface area contributed by atoms with Gasteiger partial charge in [-0.3, -0.25) is 5.10 Å². The van der Waals surface area contributed by atoms with Crippen LogP contribution >= 0.6 is 23.2 Å². The lowest BCUT2D eigenvalue weighted by Gasteiger charge is -2.25. The molecule has 7 heteroatoms. The molecular formula is C12H13Cl2N5. The zero-order valence-electron chi connectivity index (χ0n) is 10.2. The number of anilines is 1. The molecule has 1 aromatic carbocycles. The standard InChI is InChI=1S/C12H13Cl2N5/c13-8-1-2-10(14)9(7-8)11-16-12(18-17-11)19-5-3-15-4-6-19/h1-2,7,15H,3-6H2,(H,16,17,18). The average Bonchev–Trinajstić information content (AvgIpc) is 2.92. The van der Waals surface area contributed by atoms with Crippen LogP contribution in [0.4, 0.5) is 5.95 Å². The number of piperazine rings is 1. The van der Waals surface area contributed by atoms with Crippen molar-refractivity contribution in [1.82, 2.24) is 20.5 Å². The van der Waals surface area contributed by atoms with Gasteiger partial charge in [0.15, 0.2) is 5.82 Å². The number of benzene rings is 1. The first-order valence-corrected chi connectivity index (χ1v) is 6.83. The van der Waals surface area contributed by atoms with Crippen molar-refractivity contribution < 1.29 is 0 Å². The van der Waals surface area contributed by atoms with Crippen LogP contribution in [-0.4, -0.2) is 41.4 Å². The lowest BCUT2D eigenvalue weighted by Crippen LogP contribution is -2.44. The lowest BCUT2D eigenvalue weighted by molar-refractivity contribution is 0.580. The van der Waals surface area contributed by atoms with E-state index in [9.17, 15) is 0 Å². The van der Waals surface area contributed by atoms with Gasteiger partial charge >= 0.3 is 0 Å². The number of rotatable bonds is 2. The van der Waals surface area contributed by atoms with Crippen LogP contribution in [0.1, 0.15) is 0 Å². The third-order valence-corrected chi connectivity index (χ3v) is 3.62. The van der Waals surface area contributed by atoms with E-state index in [1.807, 2.05) is 0 Å². The van der Waals surface area contributed by atoms with Crippen molar-refractivity contribution >= 4 is 29.2 Å². The van der Waals surface area contributed by atoms with E-state index < -0.39 is 0 Å². The minimum atomic E-state index is 0.604. The first-order chi connectivity index (χ1) is 9.24. The Labute approximate surface area is 120 Å². The summed E-state index contributed by atoms with van der Waals surface area (Å²) in [6.07, 6.45) is 0. The maximum atomic E-state index is 6.16. The Balaban J connectivity index is 1.89. The Hall–Kier alpha value is -1.30. The quantitative estimate of drug-likeness (QED) is 0.892. The zero-order valence-corrected chi connectivity index (χ0v) is 11.7. The van der Waals surface area contributed by atoms with Crippen LogP contribution in [-0.2, 0) is 0 Å². The predicted molar refractivity (Wildman–Crippen MR) is 76.9 cm³/mol. The highest BCUT2D eigenvalue weighted by molar-refractivity contribution is 6.35. The van der Waals surface area contributed by atoms with Gasteiger partial charge in [0, 0.05) is 36.8 Å². The van der Waals surface area contributed by atoms with Crippen LogP contribution in [0, 0.1) is 0 Å². The van der Waals surface area contributed by atoms with Gasteiger partial charge < -0.3 is 10.2 Å². The molecule has 1 aromatic heterocycles. The summed E-state index contributed by atoms with van der Waals surface area (Å²) in [6, 6.07) is 5.29. The van der Waals surface area contributed by atoms with Gasteiger partial charge in [-0.05, 0) is 18.2 Å². The molecule has 1 fully saturated rings. The molecule has 0 bridgehead atoms. The monoisotopic (exact) mass is 297 g/mol. The molecule has 1 aliphatic rings. The Morgan fingerprint density at radius 1 is 1.16 bits per heavy atom. The van der Waals surface area contributed by atoms with Crippen LogP contribution in [0.3, 0.4) is 0 Å². The van der Waals surface area contributed by atoms with Gasteiger partial charge in [0.25, 0.3) is 0 Å². The van der Waals surface area contributed by atoms with Crippen molar-refractivity contribution in [3.63, 3.8) is 0 Å². The number of H-pyrrole nitrogens is 1. The number of nitrogens with one attached hydrogen (secondary N) is 2. The summed E-state index contributed by atoms with van der Waals surface area (Å²) in [5, 5.41) is 11.7. The van der Waals surface area contributed by atoms with Crippen molar-refractivity contribution in [1.29, 1.82) is 0 Å². The normalized spacial score (nSPS) is 15.8. The van der Waals surface area contributed by atoms with E-state index in [2.05, 4.69) is 25.4 Å². The number of halogens is 2. The molecule has 19 heavy (non-hydrogen) atoms. The van der Waals surface area contributed by atoms with Gasteiger partial charge in [0.05, 0.1) is 5.02 Å². The van der Waals surface area contributed by atoms with Crippen molar-refractivity contribution in [2.24, 2.45) is 0 Å². The third kappa shape index (κ3) is 2.68. The Morgan fingerprint density at radius 3 is 2.74 bits per heavy atom. The van der Waals surface area contributed by atoms with E-state index in [1.165, 1.54) is 0 Å². The molecule has 100 valence electrons. The smallest absolute Gasteiger partial charge is 0.245 e. The van der Waals surface area contributed by atoms with Crippen LogP contribution < -0.4 is 10.2 Å². The highest BCUT2D eigenvalue weighted by Gasteiger charge is 2.16. The van der Waals surface area contributed by atoms with Gasteiger partial charge in [0.1, 0.15) is 0 Å². The van der Waals surface area contributed by atoms with Crippen LogP contribution in [0.25, 0.3) is 11.4 Å². The second-order valence-electron chi connectivity index (χ2n) is 4.35. The van der Waals surface area contributed by atoms with Crippen LogP contribution in [0.15, 0.2) is 18.2 Å². The first-order valence-electron chi connectivity index (χ1n) is 6.07. The number of aromatic amines is 1. The molecule has 1 saturated heterocycles. The number of aromatic nitrogens is 3. The van der Waals surface area contributed by atoms with Crippen LogP contribution in [0.5, 0.6) is 0 Å². The SMILES string of the molecule is Clc1ccc(Cl)c(-c2nc(N3CCNCC3)n[nH]2)c1. The van der Waals surface area contributed by atoms with Crippen molar-refractivity contribution in [3.05, 3.63) is 28.2 Å². The second kappa shape index (κ2) is 5.36. The molecule has 1 aliphatic heterocycles. The number of nitrogens with zero attached hydrogens (tertiary/aromatic N) is 3. The molecule has 0 atom stereocenters. The number of hydrogen-bond donors (Lipinski definition) is 2. The Kier molecular flexibility index (Phi) is 3.59. The largest absolute Gasteiger partial charge is 0.337 e. The molecule has 0 aliphatic carbocycles. The summed E-state index contributed by atoms with van der Waals surface area (Å²) >= 11 is 12.1. The third-order valence-electron chi connectivity index (χ3n) is 3.06. The first kappa shape index (κ1) is 12.7. The molecule has 2 heterocycles. The molecule has 2 aromatic rings. The summed E-state index contributed by atoms with van der Waals surface area (Å²) < 4.78 is 0. The van der Waals surface area contributed by atoms with Gasteiger partial charge in [-0.1, -0.05) is 23.2 Å². The van der Waals surface area contributed by atoms with Crippen molar-refractivity contribution in [2.75, 3.05) is 31.1 Å². The molecule has 0 unspecified atom stereocenters. The van der Waals surface area contributed by atoms with E-state index in [1.54, 1.807) is 18.2 Å². The van der Waals surface area contributed by atoms with Gasteiger partial charge in [-0.25, -0.2) is 0 Å². The Morgan fingerprint density at radius 2 is 1.95 bits per heavy atom. The maximum Gasteiger partial charge on any atom is 0.245 e. The summed E-state index contributed by atoms with van der Waals surface area (Å²) in [5.41, 5.74) is 0.767. The molecule has 3 rings (SSSR count). The fraction of sp³-hybridized carbons (Fsp3) is 0.333. The van der Waals surface area contributed by atoms with E-state index >= 15 is 0 Å². The molecule has 5 nitrogen and oxygen atoms in total. The summed E-state index contributed by atoms with van der Waals surface area (Å²) in [6.45, 7) is 3.70. The summed E-state index contributed by atoms with van der Waals surface area (Å²) in [5.74, 6) is 1.34. The second-order valence-corrected chi connectivity index (χ2v) is 5.19. The maximum absolute atomic E-state index is 6.16. The van der Waals surface area contributed by atoms with E-state index in [0.717, 1.165) is 31.7 Å².